The average Bonchev–Trinajstić information content (AvgIpc) is 3.11. The summed E-state index contributed by atoms with van der Waals surface area (Å²) in [6.07, 6.45) is 1.44. The molecule has 0 radical (unpaired) electrons. The second-order valence-corrected chi connectivity index (χ2v) is 5.83. The molecule has 128 valence electrons. The van der Waals surface area contributed by atoms with Crippen molar-refractivity contribution in [3.63, 3.8) is 0 Å². The summed E-state index contributed by atoms with van der Waals surface area (Å²) >= 11 is 1.43. The highest BCUT2D eigenvalue weighted by Crippen LogP contribution is 2.34. The van der Waals surface area contributed by atoms with Gasteiger partial charge >= 0.3 is 6.03 Å². The van der Waals surface area contributed by atoms with Gasteiger partial charge in [0.25, 0.3) is 11.8 Å². The molecule has 1 saturated heterocycles. The van der Waals surface area contributed by atoms with Crippen LogP contribution in [0.3, 0.4) is 0 Å². The number of benzene rings is 1. The topological polar surface area (TPSA) is 84.9 Å². The maximum atomic E-state index is 12.8. The molecule has 0 bridgehead atoms. The van der Waals surface area contributed by atoms with Gasteiger partial charge in [-0.2, -0.15) is 11.3 Å². The molecule has 1 aliphatic rings. The number of hydrogen-bond donors (Lipinski definition) is 1. The van der Waals surface area contributed by atoms with Crippen LogP contribution in [0.5, 0.6) is 11.5 Å². The lowest BCUT2D eigenvalue weighted by molar-refractivity contribution is -0.122. The zero-order valence-corrected chi connectivity index (χ0v) is 14.3. The standard InChI is InChI=1S/C17H14N2O5S/c1-23-11-3-4-14(24-2)13(8-11)19-16(21)12(15(20)18-17(19)22)7-10-5-6-25-9-10/h3-9H,1-2H3,(H,18,20,22)/b12-7+. The first-order valence-corrected chi connectivity index (χ1v) is 8.15. The first-order chi connectivity index (χ1) is 12.0. The summed E-state index contributed by atoms with van der Waals surface area (Å²) < 4.78 is 10.4. The molecule has 1 N–H and O–H groups in total. The van der Waals surface area contributed by atoms with Crippen molar-refractivity contribution in [2.75, 3.05) is 19.1 Å². The number of urea groups is 1. The minimum absolute atomic E-state index is 0.136. The summed E-state index contributed by atoms with van der Waals surface area (Å²) in [6, 6.07) is 5.64. The van der Waals surface area contributed by atoms with Crippen molar-refractivity contribution < 1.29 is 23.9 Å². The zero-order valence-electron chi connectivity index (χ0n) is 13.4. The van der Waals surface area contributed by atoms with Crippen LogP contribution in [0, 0.1) is 0 Å². The van der Waals surface area contributed by atoms with Crippen LogP contribution in [-0.4, -0.2) is 32.1 Å². The van der Waals surface area contributed by atoms with Gasteiger partial charge in [0.15, 0.2) is 0 Å². The summed E-state index contributed by atoms with van der Waals surface area (Å²) in [5.41, 5.74) is 0.756. The zero-order chi connectivity index (χ0) is 18.0. The van der Waals surface area contributed by atoms with E-state index in [9.17, 15) is 14.4 Å². The largest absolute Gasteiger partial charge is 0.497 e. The molecule has 0 aliphatic carbocycles. The van der Waals surface area contributed by atoms with Crippen molar-refractivity contribution in [3.8, 4) is 11.5 Å². The van der Waals surface area contributed by atoms with Gasteiger partial charge in [-0.1, -0.05) is 0 Å². The molecular weight excluding hydrogens is 344 g/mol. The van der Waals surface area contributed by atoms with Crippen LogP contribution >= 0.6 is 11.3 Å². The lowest BCUT2D eigenvalue weighted by atomic mass is 10.1. The Kier molecular flexibility index (Phi) is 4.53. The third-order valence-corrected chi connectivity index (χ3v) is 4.28. The summed E-state index contributed by atoms with van der Waals surface area (Å²) in [5.74, 6) is -0.726. The molecule has 8 heteroatoms. The molecule has 1 aliphatic heterocycles. The summed E-state index contributed by atoms with van der Waals surface area (Å²) in [5, 5.41) is 5.79. The van der Waals surface area contributed by atoms with Gasteiger partial charge in [0.2, 0.25) is 0 Å². The highest BCUT2D eigenvalue weighted by Gasteiger charge is 2.38. The van der Waals surface area contributed by atoms with Crippen molar-refractivity contribution in [1.82, 2.24) is 5.32 Å². The number of barbiturate groups is 1. The monoisotopic (exact) mass is 358 g/mol. The lowest BCUT2D eigenvalue weighted by Crippen LogP contribution is -2.54. The molecular formula is C17H14N2O5S. The number of anilines is 1. The van der Waals surface area contributed by atoms with Gasteiger partial charge in [-0.15, -0.1) is 0 Å². The van der Waals surface area contributed by atoms with Crippen LogP contribution in [0.15, 0.2) is 40.6 Å². The van der Waals surface area contributed by atoms with Gasteiger partial charge in [0, 0.05) is 6.07 Å². The predicted molar refractivity (Wildman–Crippen MR) is 92.9 cm³/mol. The molecule has 4 amide bonds. The second kappa shape index (κ2) is 6.78. The summed E-state index contributed by atoms with van der Waals surface area (Å²) in [6.45, 7) is 0. The van der Waals surface area contributed by atoms with Gasteiger partial charge < -0.3 is 9.47 Å². The highest BCUT2D eigenvalue weighted by atomic mass is 32.1. The quantitative estimate of drug-likeness (QED) is 0.670. The number of methoxy groups -OCH3 is 2. The average molecular weight is 358 g/mol. The molecule has 25 heavy (non-hydrogen) atoms. The number of carbonyl (C=O) groups excluding carboxylic acids is 3. The van der Waals surface area contributed by atoms with E-state index in [1.54, 1.807) is 23.6 Å². The van der Waals surface area contributed by atoms with Gasteiger partial charge in [0.05, 0.1) is 19.9 Å². The minimum Gasteiger partial charge on any atom is -0.497 e. The van der Waals surface area contributed by atoms with Crippen LogP contribution in [-0.2, 0) is 9.59 Å². The molecule has 0 atom stereocenters. The van der Waals surface area contributed by atoms with E-state index in [1.165, 1.54) is 37.7 Å². The van der Waals surface area contributed by atoms with Crippen LogP contribution in [0.25, 0.3) is 6.08 Å². The van der Waals surface area contributed by atoms with Crippen LogP contribution in [0.4, 0.5) is 10.5 Å². The van der Waals surface area contributed by atoms with E-state index in [1.807, 2.05) is 5.38 Å². The minimum atomic E-state index is -0.843. The number of amides is 4. The van der Waals surface area contributed by atoms with E-state index >= 15 is 0 Å². The van der Waals surface area contributed by atoms with Crippen molar-refractivity contribution in [3.05, 3.63) is 46.2 Å². The Morgan fingerprint density at radius 2 is 1.92 bits per heavy atom. The number of nitrogens with one attached hydrogen (secondary N) is 1. The molecule has 1 fully saturated rings. The number of nitrogens with zero attached hydrogens (tertiary/aromatic N) is 1. The fraction of sp³-hybridized carbons (Fsp3) is 0.118. The second-order valence-electron chi connectivity index (χ2n) is 5.05. The third-order valence-electron chi connectivity index (χ3n) is 3.58. The van der Waals surface area contributed by atoms with Gasteiger partial charge in [0.1, 0.15) is 17.1 Å². The van der Waals surface area contributed by atoms with E-state index < -0.39 is 17.8 Å². The molecule has 7 nitrogen and oxygen atoms in total. The molecule has 1 aromatic heterocycles. The van der Waals surface area contributed by atoms with E-state index in [4.69, 9.17) is 9.47 Å². The molecule has 0 unspecified atom stereocenters. The normalized spacial score (nSPS) is 16.2. The van der Waals surface area contributed by atoms with E-state index in [0.717, 1.165) is 4.90 Å². The number of rotatable bonds is 4. The fourth-order valence-corrected chi connectivity index (χ4v) is 2.99. The molecule has 2 aromatic rings. The SMILES string of the molecule is COc1ccc(OC)c(N2C(=O)NC(=O)/C(=C\c3ccsc3)C2=O)c1. The first-order valence-electron chi connectivity index (χ1n) is 7.21. The van der Waals surface area contributed by atoms with Gasteiger partial charge in [-0.3, -0.25) is 14.9 Å². The molecule has 0 saturated carbocycles. The summed E-state index contributed by atoms with van der Waals surface area (Å²) in [4.78, 5) is 38.1. The molecule has 2 heterocycles. The van der Waals surface area contributed by atoms with E-state index in [2.05, 4.69) is 5.32 Å². The summed E-state index contributed by atoms with van der Waals surface area (Å²) in [7, 11) is 2.89. The van der Waals surface area contributed by atoms with Crippen molar-refractivity contribution in [2.24, 2.45) is 0 Å². The van der Waals surface area contributed by atoms with Gasteiger partial charge in [-0.05, 0) is 40.6 Å². The Morgan fingerprint density at radius 1 is 1.12 bits per heavy atom. The number of imide groups is 2. The Bertz CT molecular complexity index is 873. The Hall–Kier alpha value is -3.13. The first kappa shape index (κ1) is 16.7. The Morgan fingerprint density at radius 3 is 2.56 bits per heavy atom. The smallest absolute Gasteiger partial charge is 0.336 e. The van der Waals surface area contributed by atoms with Crippen molar-refractivity contribution in [1.29, 1.82) is 0 Å². The number of hydrogen-bond acceptors (Lipinski definition) is 6. The van der Waals surface area contributed by atoms with E-state index in [-0.39, 0.29) is 11.3 Å². The Balaban J connectivity index is 2.08. The maximum absolute atomic E-state index is 12.8. The fourth-order valence-electron chi connectivity index (χ4n) is 2.37. The number of thiophene rings is 1. The van der Waals surface area contributed by atoms with Gasteiger partial charge in [-0.25, -0.2) is 9.69 Å². The maximum Gasteiger partial charge on any atom is 0.336 e. The third kappa shape index (κ3) is 3.11. The van der Waals surface area contributed by atoms with Crippen molar-refractivity contribution >= 4 is 40.9 Å². The van der Waals surface area contributed by atoms with Crippen LogP contribution in [0.1, 0.15) is 5.56 Å². The molecule has 3 rings (SSSR count). The Labute approximate surface area is 147 Å². The molecule has 0 spiro atoms. The highest BCUT2D eigenvalue weighted by molar-refractivity contribution is 7.08. The van der Waals surface area contributed by atoms with Crippen molar-refractivity contribution in [2.45, 2.75) is 0 Å². The number of ether oxygens (including phenoxy) is 2. The predicted octanol–water partition coefficient (Wildman–Crippen LogP) is 2.43. The number of carbonyl (C=O) groups is 3. The molecule has 1 aromatic carbocycles. The van der Waals surface area contributed by atoms with Crippen LogP contribution in [0.2, 0.25) is 0 Å². The lowest BCUT2D eigenvalue weighted by Gasteiger charge is -2.27. The van der Waals surface area contributed by atoms with E-state index in [0.29, 0.717) is 17.1 Å². The van der Waals surface area contributed by atoms with Crippen LogP contribution < -0.4 is 19.7 Å².